The van der Waals surface area contributed by atoms with Crippen LogP contribution in [-0.4, -0.2) is 30.2 Å². The number of piperidine rings is 1. The van der Waals surface area contributed by atoms with Crippen LogP contribution in [-0.2, 0) is 0 Å². The molecule has 1 aromatic rings. The lowest BCUT2D eigenvalue weighted by atomic mass is 9.99. The normalized spacial score (nSPS) is 17.6. The van der Waals surface area contributed by atoms with Crippen LogP contribution in [0.1, 0.15) is 19.8 Å². The molecule has 0 unspecified atom stereocenters. The highest BCUT2D eigenvalue weighted by molar-refractivity contribution is 6.32. The molecule has 2 rings (SSSR count). The van der Waals surface area contributed by atoms with E-state index >= 15 is 0 Å². The molecule has 1 saturated heterocycles. The molecule has 1 aliphatic rings. The van der Waals surface area contributed by atoms with Crippen molar-refractivity contribution in [3.63, 3.8) is 0 Å². The van der Waals surface area contributed by atoms with Gasteiger partial charge in [-0.15, -0.1) is 0 Å². The molecule has 0 radical (unpaired) electrons. The van der Waals surface area contributed by atoms with Crippen LogP contribution in [0.5, 0.6) is 6.01 Å². The molecule has 0 N–H and O–H groups in total. The predicted octanol–water partition coefficient (Wildman–Crippen LogP) is 2.37. The van der Waals surface area contributed by atoms with E-state index in [0.29, 0.717) is 11.0 Å². The lowest BCUT2D eigenvalue weighted by Gasteiger charge is -2.31. The van der Waals surface area contributed by atoms with E-state index in [2.05, 4.69) is 21.8 Å². The summed E-state index contributed by atoms with van der Waals surface area (Å²) in [7, 11) is 1.56. The number of anilines is 1. The fourth-order valence-corrected chi connectivity index (χ4v) is 2.09. The smallest absolute Gasteiger partial charge is 0.318 e. The van der Waals surface area contributed by atoms with Crippen LogP contribution in [0, 0.1) is 5.92 Å². The highest BCUT2D eigenvalue weighted by Gasteiger charge is 2.19. The Labute approximate surface area is 101 Å². The van der Waals surface area contributed by atoms with Crippen molar-refractivity contribution >= 4 is 17.4 Å². The van der Waals surface area contributed by atoms with Gasteiger partial charge in [0.05, 0.1) is 13.3 Å². The van der Waals surface area contributed by atoms with Crippen LogP contribution >= 0.6 is 11.6 Å². The second-order valence-electron chi connectivity index (χ2n) is 4.20. The Morgan fingerprint density at radius 1 is 1.44 bits per heavy atom. The Kier molecular flexibility index (Phi) is 3.49. The number of nitrogens with zero attached hydrogens (tertiary/aromatic N) is 3. The molecule has 0 aliphatic carbocycles. The zero-order valence-electron chi connectivity index (χ0n) is 9.61. The molecule has 2 heterocycles. The number of hydrogen-bond acceptors (Lipinski definition) is 4. The van der Waals surface area contributed by atoms with Gasteiger partial charge in [-0.25, -0.2) is 4.98 Å². The van der Waals surface area contributed by atoms with Crippen molar-refractivity contribution < 1.29 is 4.74 Å². The molecule has 0 amide bonds. The average Bonchev–Trinajstić information content (AvgIpc) is 2.31. The Hall–Kier alpha value is -1.03. The van der Waals surface area contributed by atoms with E-state index in [4.69, 9.17) is 16.3 Å². The van der Waals surface area contributed by atoms with Crippen molar-refractivity contribution in [2.24, 2.45) is 5.92 Å². The fourth-order valence-electron chi connectivity index (χ4n) is 1.88. The summed E-state index contributed by atoms with van der Waals surface area (Å²) in [5.74, 6) is 1.58. The number of aromatic nitrogens is 2. The average molecular weight is 242 g/mol. The van der Waals surface area contributed by atoms with Crippen molar-refractivity contribution in [1.29, 1.82) is 0 Å². The second-order valence-corrected chi connectivity index (χ2v) is 4.61. The largest absolute Gasteiger partial charge is 0.467 e. The van der Waals surface area contributed by atoms with E-state index < -0.39 is 0 Å². The van der Waals surface area contributed by atoms with Gasteiger partial charge in [-0.1, -0.05) is 18.5 Å². The van der Waals surface area contributed by atoms with Gasteiger partial charge in [0, 0.05) is 13.1 Å². The Bertz CT molecular complexity index is 364. The van der Waals surface area contributed by atoms with Crippen molar-refractivity contribution in [1.82, 2.24) is 9.97 Å². The van der Waals surface area contributed by atoms with Gasteiger partial charge in [-0.3, -0.25) is 0 Å². The molecule has 0 aromatic carbocycles. The van der Waals surface area contributed by atoms with Crippen molar-refractivity contribution in [3.05, 3.63) is 11.2 Å². The number of ether oxygens (including phenoxy) is 1. The molecule has 0 atom stereocenters. The van der Waals surface area contributed by atoms with Gasteiger partial charge in [0.1, 0.15) is 5.02 Å². The first-order valence-corrected chi connectivity index (χ1v) is 5.90. The standard InChI is InChI=1S/C11H16ClN3O/c1-8-3-5-15(6-4-8)10-9(12)7-13-11(14-10)16-2/h7-8H,3-6H2,1-2H3. The van der Waals surface area contributed by atoms with Crippen LogP contribution < -0.4 is 9.64 Å². The SMILES string of the molecule is COc1ncc(Cl)c(N2CCC(C)CC2)n1. The molecule has 1 aliphatic heterocycles. The van der Waals surface area contributed by atoms with E-state index in [1.54, 1.807) is 13.3 Å². The highest BCUT2D eigenvalue weighted by Crippen LogP contribution is 2.28. The molecule has 0 bridgehead atoms. The van der Waals surface area contributed by atoms with Crippen LogP contribution in [0.25, 0.3) is 0 Å². The maximum Gasteiger partial charge on any atom is 0.318 e. The minimum Gasteiger partial charge on any atom is -0.467 e. The summed E-state index contributed by atoms with van der Waals surface area (Å²) >= 11 is 6.10. The van der Waals surface area contributed by atoms with Gasteiger partial charge in [0.15, 0.2) is 5.82 Å². The molecule has 4 nitrogen and oxygen atoms in total. The highest BCUT2D eigenvalue weighted by atomic mass is 35.5. The van der Waals surface area contributed by atoms with Crippen LogP contribution in [0.4, 0.5) is 5.82 Å². The van der Waals surface area contributed by atoms with Crippen molar-refractivity contribution in [2.45, 2.75) is 19.8 Å². The lowest BCUT2D eigenvalue weighted by Crippen LogP contribution is -2.33. The van der Waals surface area contributed by atoms with E-state index in [1.807, 2.05) is 0 Å². The third kappa shape index (κ3) is 2.38. The minimum atomic E-state index is 0.373. The van der Waals surface area contributed by atoms with E-state index in [9.17, 15) is 0 Å². The number of rotatable bonds is 2. The predicted molar refractivity (Wildman–Crippen MR) is 64.2 cm³/mol. The molecule has 88 valence electrons. The molecule has 16 heavy (non-hydrogen) atoms. The van der Waals surface area contributed by atoms with Gasteiger partial charge >= 0.3 is 6.01 Å². The zero-order chi connectivity index (χ0) is 11.5. The third-order valence-corrected chi connectivity index (χ3v) is 3.24. The van der Waals surface area contributed by atoms with Gasteiger partial charge in [0.25, 0.3) is 0 Å². The maximum absolute atomic E-state index is 6.10. The molecular formula is C11H16ClN3O. The monoisotopic (exact) mass is 241 g/mol. The third-order valence-electron chi connectivity index (χ3n) is 2.97. The fraction of sp³-hybridized carbons (Fsp3) is 0.636. The zero-order valence-corrected chi connectivity index (χ0v) is 10.4. The quantitative estimate of drug-likeness (QED) is 0.797. The van der Waals surface area contributed by atoms with Gasteiger partial charge in [-0.05, 0) is 18.8 Å². The molecule has 5 heteroatoms. The van der Waals surface area contributed by atoms with E-state index in [1.165, 1.54) is 12.8 Å². The summed E-state index contributed by atoms with van der Waals surface area (Å²) in [5.41, 5.74) is 0. The first-order valence-electron chi connectivity index (χ1n) is 5.52. The summed E-state index contributed by atoms with van der Waals surface area (Å²) in [4.78, 5) is 10.5. The van der Waals surface area contributed by atoms with Crippen LogP contribution in [0.2, 0.25) is 5.02 Å². The summed E-state index contributed by atoms with van der Waals surface area (Å²) in [5, 5.41) is 0.593. The lowest BCUT2D eigenvalue weighted by molar-refractivity contribution is 0.378. The number of hydrogen-bond donors (Lipinski definition) is 0. The van der Waals surface area contributed by atoms with E-state index in [0.717, 1.165) is 24.8 Å². The van der Waals surface area contributed by atoms with Crippen molar-refractivity contribution in [2.75, 3.05) is 25.1 Å². The first-order chi connectivity index (χ1) is 7.70. The molecule has 1 fully saturated rings. The summed E-state index contributed by atoms with van der Waals surface area (Å²) in [6.07, 6.45) is 3.96. The van der Waals surface area contributed by atoms with Crippen molar-refractivity contribution in [3.8, 4) is 6.01 Å². The van der Waals surface area contributed by atoms with E-state index in [-0.39, 0.29) is 0 Å². The molecule has 0 saturated carbocycles. The Balaban J connectivity index is 2.19. The van der Waals surface area contributed by atoms with Crippen LogP contribution in [0.15, 0.2) is 6.20 Å². The first kappa shape index (κ1) is 11.5. The topological polar surface area (TPSA) is 38.2 Å². The van der Waals surface area contributed by atoms with Crippen LogP contribution in [0.3, 0.4) is 0 Å². The van der Waals surface area contributed by atoms with Gasteiger partial charge in [0.2, 0.25) is 0 Å². The maximum atomic E-state index is 6.10. The van der Waals surface area contributed by atoms with Gasteiger partial charge < -0.3 is 9.64 Å². The Morgan fingerprint density at radius 3 is 2.75 bits per heavy atom. The summed E-state index contributed by atoms with van der Waals surface area (Å²) < 4.78 is 5.01. The summed E-state index contributed by atoms with van der Waals surface area (Å²) in [6, 6.07) is 0.373. The summed E-state index contributed by atoms with van der Waals surface area (Å²) in [6.45, 7) is 4.28. The molecular weight excluding hydrogens is 226 g/mol. The number of methoxy groups -OCH3 is 1. The molecule has 0 spiro atoms. The second kappa shape index (κ2) is 4.87. The Morgan fingerprint density at radius 2 is 2.12 bits per heavy atom. The minimum absolute atomic E-state index is 0.373. The van der Waals surface area contributed by atoms with Gasteiger partial charge in [-0.2, -0.15) is 4.98 Å². The number of halogens is 1. The molecule has 1 aromatic heterocycles.